The van der Waals surface area contributed by atoms with E-state index < -0.39 is 12.1 Å². The molecule has 0 fully saturated rings. The first-order chi connectivity index (χ1) is 12.6. The van der Waals surface area contributed by atoms with Crippen LogP contribution in [-0.4, -0.2) is 24.6 Å². The molecule has 0 aliphatic heterocycles. The summed E-state index contributed by atoms with van der Waals surface area (Å²) in [5.41, 5.74) is 2.18. The average Bonchev–Trinajstić information content (AvgIpc) is 2.69. The van der Waals surface area contributed by atoms with Gasteiger partial charge < -0.3 is 14.8 Å². The zero-order valence-corrected chi connectivity index (χ0v) is 15.2. The first-order valence-electron chi connectivity index (χ1n) is 8.85. The van der Waals surface area contributed by atoms with Gasteiger partial charge in [0.1, 0.15) is 5.75 Å². The smallest absolute Gasteiger partial charge is 0.344 e. The molecule has 1 atom stereocenters. The highest BCUT2D eigenvalue weighted by molar-refractivity contribution is 5.84. The van der Waals surface area contributed by atoms with Crippen molar-refractivity contribution in [2.24, 2.45) is 0 Å². The van der Waals surface area contributed by atoms with Crippen LogP contribution in [0.15, 0.2) is 54.6 Å². The van der Waals surface area contributed by atoms with E-state index in [2.05, 4.69) is 12.2 Å². The number of esters is 1. The van der Waals surface area contributed by atoms with Crippen LogP contribution in [0, 0.1) is 0 Å². The van der Waals surface area contributed by atoms with Crippen LogP contribution in [0.5, 0.6) is 5.75 Å². The molecular weight excluding hydrogens is 330 g/mol. The van der Waals surface area contributed by atoms with E-state index >= 15 is 0 Å². The minimum absolute atomic E-state index is 0.228. The van der Waals surface area contributed by atoms with E-state index in [1.54, 1.807) is 6.92 Å². The molecule has 0 spiro atoms. The third-order valence-corrected chi connectivity index (χ3v) is 3.93. The maximum Gasteiger partial charge on any atom is 0.344 e. The van der Waals surface area contributed by atoms with Crippen LogP contribution < -0.4 is 10.1 Å². The van der Waals surface area contributed by atoms with Crippen molar-refractivity contribution in [1.29, 1.82) is 0 Å². The molecule has 2 aromatic rings. The molecule has 0 saturated heterocycles. The zero-order valence-electron chi connectivity index (χ0n) is 15.2. The van der Waals surface area contributed by atoms with E-state index in [0.29, 0.717) is 18.7 Å². The Bertz CT molecular complexity index is 698. The van der Waals surface area contributed by atoms with Crippen LogP contribution >= 0.6 is 0 Å². The van der Waals surface area contributed by atoms with E-state index in [4.69, 9.17) is 9.47 Å². The average molecular weight is 355 g/mol. The summed E-state index contributed by atoms with van der Waals surface area (Å²) < 4.78 is 10.7. The normalized spacial score (nSPS) is 11.5. The summed E-state index contributed by atoms with van der Waals surface area (Å²) in [6.45, 7) is 4.03. The molecule has 1 unspecified atom stereocenters. The molecule has 0 aliphatic carbocycles. The molecule has 26 heavy (non-hydrogen) atoms. The maximum atomic E-state index is 12.2. The molecule has 138 valence electrons. The van der Waals surface area contributed by atoms with E-state index in [-0.39, 0.29) is 12.5 Å². The highest BCUT2D eigenvalue weighted by atomic mass is 16.6. The van der Waals surface area contributed by atoms with Gasteiger partial charge in [-0.05, 0) is 36.1 Å². The maximum absolute atomic E-state index is 12.2. The van der Waals surface area contributed by atoms with Crippen molar-refractivity contribution >= 4 is 11.9 Å². The number of aryl methyl sites for hydroxylation is 1. The number of rotatable bonds is 9. The van der Waals surface area contributed by atoms with Gasteiger partial charge in [-0.15, -0.1) is 0 Å². The Morgan fingerprint density at radius 2 is 1.65 bits per heavy atom. The number of amides is 1. The van der Waals surface area contributed by atoms with Crippen LogP contribution in [0.2, 0.25) is 0 Å². The van der Waals surface area contributed by atoms with Gasteiger partial charge in [0.05, 0.1) is 0 Å². The summed E-state index contributed by atoms with van der Waals surface area (Å²) in [5.74, 6) is -0.274. The second-order valence-corrected chi connectivity index (χ2v) is 5.88. The quantitative estimate of drug-likeness (QED) is 0.701. The standard InChI is InChI=1S/C21H25NO4/c1-3-16-10-12-18(13-11-16)25-15-20(23)26-19(4-2)21(24)22-14-17-8-6-5-7-9-17/h5-13,19H,3-4,14-15H2,1-2H3,(H,22,24). The summed E-state index contributed by atoms with van der Waals surface area (Å²) >= 11 is 0. The molecule has 5 heteroatoms. The molecule has 0 heterocycles. The summed E-state index contributed by atoms with van der Waals surface area (Å²) in [4.78, 5) is 24.2. The number of ether oxygens (including phenoxy) is 2. The number of carbonyl (C=O) groups is 2. The summed E-state index contributed by atoms with van der Waals surface area (Å²) in [6, 6.07) is 17.1. The first-order valence-corrected chi connectivity index (χ1v) is 8.85. The Morgan fingerprint density at radius 3 is 2.27 bits per heavy atom. The van der Waals surface area contributed by atoms with E-state index in [1.165, 1.54) is 5.56 Å². The van der Waals surface area contributed by atoms with Crippen LogP contribution in [0.4, 0.5) is 0 Å². The molecule has 0 radical (unpaired) electrons. The number of carbonyl (C=O) groups excluding carboxylic acids is 2. The lowest BCUT2D eigenvalue weighted by molar-refractivity contribution is -0.158. The van der Waals surface area contributed by atoms with Crippen molar-refractivity contribution in [3.8, 4) is 5.75 Å². The minimum Gasteiger partial charge on any atom is -0.482 e. The fraction of sp³-hybridized carbons (Fsp3) is 0.333. The van der Waals surface area contributed by atoms with Crippen molar-refractivity contribution in [1.82, 2.24) is 5.32 Å². The Hall–Kier alpha value is -2.82. The van der Waals surface area contributed by atoms with Gasteiger partial charge in [0, 0.05) is 6.54 Å². The van der Waals surface area contributed by atoms with Crippen LogP contribution in [-0.2, 0) is 27.3 Å². The third kappa shape index (κ3) is 6.24. The highest BCUT2D eigenvalue weighted by Crippen LogP contribution is 2.12. The van der Waals surface area contributed by atoms with Gasteiger partial charge >= 0.3 is 5.97 Å². The second-order valence-electron chi connectivity index (χ2n) is 5.88. The fourth-order valence-electron chi connectivity index (χ4n) is 2.38. The van der Waals surface area contributed by atoms with Gasteiger partial charge in [0.25, 0.3) is 5.91 Å². The predicted molar refractivity (Wildman–Crippen MR) is 99.8 cm³/mol. The van der Waals surface area contributed by atoms with Crippen molar-refractivity contribution in [3.63, 3.8) is 0 Å². The zero-order chi connectivity index (χ0) is 18.8. The van der Waals surface area contributed by atoms with Gasteiger partial charge in [-0.25, -0.2) is 4.79 Å². The lowest BCUT2D eigenvalue weighted by atomic mass is 10.2. The van der Waals surface area contributed by atoms with Crippen molar-refractivity contribution in [3.05, 3.63) is 65.7 Å². The number of nitrogens with one attached hydrogen (secondary N) is 1. The highest BCUT2D eigenvalue weighted by Gasteiger charge is 2.21. The van der Waals surface area contributed by atoms with Crippen LogP contribution in [0.3, 0.4) is 0 Å². The van der Waals surface area contributed by atoms with Crippen LogP contribution in [0.1, 0.15) is 31.4 Å². The molecule has 2 rings (SSSR count). The van der Waals surface area contributed by atoms with Crippen molar-refractivity contribution in [2.45, 2.75) is 39.3 Å². The molecule has 5 nitrogen and oxygen atoms in total. The molecule has 0 bridgehead atoms. The molecule has 0 aliphatic rings. The minimum atomic E-state index is -0.822. The van der Waals surface area contributed by atoms with E-state index in [1.807, 2.05) is 54.6 Å². The van der Waals surface area contributed by atoms with E-state index in [9.17, 15) is 9.59 Å². The summed E-state index contributed by atoms with van der Waals surface area (Å²) in [6.07, 6.45) is 0.521. The largest absolute Gasteiger partial charge is 0.482 e. The SMILES string of the molecule is CCc1ccc(OCC(=O)OC(CC)C(=O)NCc2ccccc2)cc1. The lowest BCUT2D eigenvalue weighted by Crippen LogP contribution is -2.38. The van der Waals surface area contributed by atoms with Crippen molar-refractivity contribution in [2.75, 3.05) is 6.61 Å². The molecule has 1 N–H and O–H groups in total. The molecule has 0 saturated carbocycles. The summed E-state index contributed by atoms with van der Waals surface area (Å²) in [7, 11) is 0. The first kappa shape index (κ1) is 19.5. The Kier molecular flexibility index (Phi) is 7.68. The lowest BCUT2D eigenvalue weighted by Gasteiger charge is -2.16. The van der Waals surface area contributed by atoms with Gasteiger partial charge in [0.2, 0.25) is 0 Å². The van der Waals surface area contributed by atoms with Gasteiger partial charge in [-0.1, -0.05) is 56.3 Å². The molecule has 2 aromatic carbocycles. The number of hydrogen-bond acceptors (Lipinski definition) is 4. The Balaban J connectivity index is 1.77. The Morgan fingerprint density at radius 1 is 0.962 bits per heavy atom. The second kappa shape index (κ2) is 10.2. The predicted octanol–water partition coefficient (Wildman–Crippen LogP) is 3.27. The van der Waals surface area contributed by atoms with Gasteiger partial charge in [0.15, 0.2) is 12.7 Å². The van der Waals surface area contributed by atoms with Crippen molar-refractivity contribution < 1.29 is 19.1 Å². The Labute approximate surface area is 154 Å². The third-order valence-electron chi connectivity index (χ3n) is 3.93. The fourth-order valence-corrected chi connectivity index (χ4v) is 2.38. The number of hydrogen-bond donors (Lipinski definition) is 1. The topological polar surface area (TPSA) is 64.6 Å². The summed E-state index contributed by atoms with van der Waals surface area (Å²) in [5, 5.41) is 2.78. The van der Waals surface area contributed by atoms with E-state index in [0.717, 1.165) is 12.0 Å². The van der Waals surface area contributed by atoms with Gasteiger partial charge in [-0.2, -0.15) is 0 Å². The molecule has 0 aromatic heterocycles. The molecule has 1 amide bonds. The number of benzene rings is 2. The monoisotopic (exact) mass is 355 g/mol. The van der Waals surface area contributed by atoms with Gasteiger partial charge in [-0.3, -0.25) is 4.79 Å². The van der Waals surface area contributed by atoms with Crippen LogP contribution in [0.25, 0.3) is 0 Å². The molecular formula is C21H25NO4.